The first-order chi connectivity index (χ1) is 16.2. The van der Waals surface area contributed by atoms with Crippen LogP contribution in [0.2, 0.25) is 0 Å². The van der Waals surface area contributed by atoms with Gasteiger partial charge in [0.25, 0.3) is 0 Å². The lowest BCUT2D eigenvalue weighted by Crippen LogP contribution is -2.22. The molecule has 0 saturated heterocycles. The molecule has 4 rings (SSSR count). The third-order valence-electron chi connectivity index (χ3n) is 5.60. The van der Waals surface area contributed by atoms with Crippen LogP contribution < -0.4 is 9.47 Å². The number of hydrogen-bond acceptors (Lipinski definition) is 6. The van der Waals surface area contributed by atoms with E-state index in [1.54, 1.807) is 28.4 Å². The number of nitrogens with one attached hydrogen (secondary N) is 2. The Hall–Kier alpha value is -3.04. The van der Waals surface area contributed by atoms with Gasteiger partial charge in [-0.15, -0.1) is 0 Å². The highest BCUT2D eigenvalue weighted by atomic mass is 16.7. The summed E-state index contributed by atoms with van der Waals surface area (Å²) in [5.41, 5.74) is 3.83. The molecule has 0 atom stereocenters. The maximum Gasteiger partial charge on any atom is 0.191 e. The van der Waals surface area contributed by atoms with Crippen LogP contribution in [0.25, 0.3) is 21.8 Å². The van der Waals surface area contributed by atoms with Gasteiger partial charge in [0.2, 0.25) is 0 Å². The topological polar surface area (TPSA) is 87.0 Å². The van der Waals surface area contributed by atoms with Gasteiger partial charge in [-0.1, -0.05) is 24.3 Å². The summed E-state index contributed by atoms with van der Waals surface area (Å²) < 4.78 is 33.5. The molecular weight excluding hydrogens is 424 g/mol. The van der Waals surface area contributed by atoms with Crippen LogP contribution in [0.3, 0.4) is 0 Å². The number of aromatic nitrogens is 2. The van der Waals surface area contributed by atoms with E-state index in [0.717, 1.165) is 44.7 Å². The van der Waals surface area contributed by atoms with E-state index in [4.69, 9.17) is 28.4 Å². The van der Waals surface area contributed by atoms with Crippen molar-refractivity contribution in [2.75, 3.05) is 41.7 Å². The molecule has 0 fully saturated rings. The zero-order valence-corrected chi connectivity index (χ0v) is 19.3. The zero-order chi connectivity index (χ0) is 23.2. The Morgan fingerprint density at radius 2 is 1.00 bits per heavy atom. The van der Waals surface area contributed by atoms with Crippen molar-refractivity contribution in [2.24, 2.45) is 0 Å². The van der Waals surface area contributed by atoms with Crippen molar-refractivity contribution in [1.82, 2.24) is 9.97 Å². The van der Waals surface area contributed by atoms with Gasteiger partial charge in [-0.3, -0.25) is 0 Å². The van der Waals surface area contributed by atoms with Crippen molar-refractivity contribution < 1.29 is 28.4 Å². The normalized spacial score (nSPS) is 11.8. The molecule has 4 aromatic rings. The summed E-state index contributed by atoms with van der Waals surface area (Å²) in [4.78, 5) is 7.00. The van der Waals surface area contributed by atoms with Gasteiger partial charge in [0.05, 0.1) is 11.4 Å². The highest BCUT2D eigenvalue weighted by molar-refractivity contribution is 5.90. The van der Waals surface area contributed by atoms with Crippen LogP contribution >= 0.6 is 0 Å². The molecule has 0 unspecified atom stereocenters. The molecule has 8 nitrogen and oxygen atoms in total. The van der Waals surface area contributed by atoms with Gasteiger partial charge in [-0.25, -0.2) is 0 Å². The highest BCUT2D eigenvalue weighted by Crippen LogP contribution is 2.36. The van der Waals surface area contributed by atoms with E-state index >= 15 is 0 Å². The van der Waals surface area contributed by atoms with Crippen LogP contribution in [0.15, 0.2) is 48.5 Å². The van der Waals surface area contributed by atoms with Crippen LogP contribution in [-0.4, -0.2) is 64.2 Å². The van der Waals surface area contributed by atoms with Crippen molar-refractivity contribution in [1.29, 1.82) is 0 Å². The van der Waals surface area contributed by atoms with Crippen LogP contribution in [0.5, 0.6) is 11.5 Å². The van der Waals surface area contributed by atoms with E-state index in [0.29, 0.717) is 6.42 Å². The Balaban J connectivity index is 1.69. The summed E-state index contributed by atoms with van der Waals surface area (Å²) in [7, 11) is 6.37. The third-order valence-corrected chi connectivity index (χ3v) is 5.60. The molecule has 33 heavy (non-hydrogen) atoms. The zero-order valence-electron chi connectivity index (χ0n) is 19.3. The minimum absolute atomic E-state index is 0.265. The van der Waals surface area contributed by atoms with E-state index in [2.05, 4.69) is 9.97 Å². The molecule has 2 aromatic carbocycles. The highest BCUT2D eigenvalue weighted by Gasteiger charge is 2.20. The molecular formula is C25H30N2O6. The second kappa shape index (κ2) is 10.7. The number of methoxy groups -OCH3 is 4. The minimum Gasteiger partial charge on any atom is -0.486 e. The van der Waals surface area contributed by atoms with Gasteiger partial charge in [-0.05, 0) is 24.3 Å². The average molecular weight is 455 g/mol. The molecule has 176 valence electrons. The lowest BCUT2D eigenvalue weighted by Gasteiger charge is -2.16. The summed E-state index contributed by atoms with van der Waals surface area (Å²) in [5, 5.41) is 1.99. The Labute approximate surface area is 192 Å². The first-order valence-corrected chi connectivity index (χ1v) is 10.7. The quantitative estimate of drug-likeness (QED) is 0.312. The molecule has 0 aliphatic heterocycles. The van der Waals surface area contributed by atoms with Gasteiger partial charge in [0.15, 0.2) is 12.6 Å². The van der Waals surface area contributed by atoms with E-state index in [1.807, 2.05) is 48.5 Å². The van der Waals surface area contributed by atoms with Gasteiger partial charge >= 0.3 is 0 Å². The second-order valence-corrected chi connectivity index (χ2v) is 7.56. The average Bonchev–Trinajstić information content (AvgIpc) is 3.38. The molecule has 0 amide bonds. The molecule has 0 radical (unpaired) electrons. The van der Waals surface area contributed by atoms with E-state index < -0.39 is 12.6 Å². The fourth-order valence-corrected chi connectivity index (χ4v) is 3.87. The Bertz CT molecular complexity index is 1080. The number of benzene rings is 2. The summed E-state index contributed by atoms with van der Waals surface area (Å²) >= 11 is 0. The third kappa shape index (κ3) is 4.99. The number of fused-ring (bicyclic) bond motifs is 2. The first kappa shape index (κ1) is 23.1. The van der Waals surface area contributed by atoms with Crippen molar-refractivity contribution >= 4 is 21.8 Å². The van der Waals surface area contributed by atoms with E-state index in [1.165, 1.54) is 0 Å². The smallest absolute Gasteiger partial charge is 0.191 e. The number of aromatic amines is 2. The minimum atomic E-state index is -0.460. The van der Waals surface area contributed by atoms with E-state index in [-0.39, 0.29) is 13.2 Å². The van der Waals surface area contributed by atoms with Crippen LogP contribution in [0, 0.1) is 0 Å². The van der Waals surface area contributed by atoms with Crippen LogP contribution in [0.4, 0.5) is 0 Å². The lowest BCUT2D eigenvalue weighted by atomic mass is 10.1. The summed E-state index contributed by atoms with van der Waals surface area (Å²) in [6, 6.07) is 16.1. The predicted octanol–water partition coefficient (Wildman–Crippen LogP) is 4.24. The molecule has 0 spiro atoms. The van der Waals surface area contributed by atoms with Gasteiger partial charge in [-0.2, -0.15) is 0 Å². The van der Waals surface area contributed by atoms with Gasteiger partial charge in [0, 0.05) is 56.7 Å². The van der Waals surface area contributed by atoms with Crippen molar-refractivity contribution in [3.63, 3.8) is 0 Å². The number of para-hydroxylation sites is 2. The molecule has 0 bridgehead atoms. The fraction of sp³-hybridized carbons (Fsp3) is 0.360. The molecule has 0 aliphatic rings. The maximum atomic E-state index is 6.18. The summed E-state index contributed by atoms with van der Waals surface area (Å²) in [5.74, 6) is 1.53. The van der Waals surface area contributed by atoms with Gasteiger partial charge in [0.1, 0.15) is 24.7 Å². The number of hydrogen-bond donors (Lipinski definition) is 2. The first-order valence-electron chi connectivity index (χ1n) is 10.7. The lowest BCUT2D eigenvalue weighted by molar-refractivity contribution is -0.121. The molecule has 0 saturated carbocycles. The number of H-pyrrole nitrogens is 2. The van der Waals surface area contributed by atoms with Gasteiger partial charge < -0.3 is 38.4 Å². The summed E-state index contributed by atoms with van der Waals surface area (Å²) in [6.07, 6.45) is -0.375. The second-order valence-electron chi connectivity index (χ2n) is 7.56. The Morgan fingerprint density at radius 1 is 0.606 bits per heavy atom. The number of rotatable bonds is 12. The van der Waals surface area contributed by atoms with Crippen LogP contribution in [0.1, 0.15) is 11.4 Å². The summed E-state index contributed by atoms with van der Waals surface area (Å²) in [6.45, 7) is 0.530. The number of ether oxygens (including phenoxy) is 6. The SMILES string of the molecule is COC(COc1c(Cc2[nH]c3ccccc3c2OCC(OC)OC)[nH]c2ccccc12)OC. The maximum absolute atomic E-state index is 6.18. The molecule has 0 aliphatic carbocycles. The van der Waals surface area contributed by atoms with Crippen molar-refractivity contribution in [3.05, 3.63) is 59.9 Å². The largest absolute Gasteiger partial charge is 0.486 e. The van der Waals surface area contributed by atoms with Crippen molar-refractivity contribution in [3.8, 4) is 11.5 Å². The fourth-order valence-electron chi connectivity index (χ4n) is 3.87. The molecule has 2 aromatic heterocycles. The Kier molecular flexibility index (Phi) is 7.51. The molecule has 2 N–H and O–H groups in total. The monoisotopic (exact) mass is 454 g/mol. The predicted molar refractivity (Wildman–Crippen MR) is 126 cm³/mol. The molecule has 8 heteroatoms. The van der Waals surface area contributed by atoms with Crippen LogP contribution in [-0.2, 0) is 25.4 Å². The van der Waals surface area contributed by atoms with Crippen molar-refractivity contribution in [2.45, 2.75) is 19.0 Å². The molecule has 2 heterocycles. The van der Waals surface area contributed by atoms with E-state index in [9.17, 15) is 0 Å². The standard InChI is InChI=1S/C25H30N2O6/c1-28-22(29-2)14-32-24-16-9-5-7-11-18(16)26-20(24)13-21-25(33-15-23(30-3)31-4)17-10-6-8-12-19(17)27-21/h5-12,22-23,26-27H,13-15H2,1-4H3. The Morgan fingerprint density at radius 3 is 1.39 bits per heavy atom.